The van der Waals surface area contributed by atoms with Crippen LogP contribution in [0.25, 0.3) is 0 Å². The van der Waals surface area contributed by atoms with E-state index in [0.29, 0.717) is 17.1 Å². The number of benzene rings is 2. The van der Waals surface area contributed by atoms with Crippen molar-refractivity contribution < 1.29 is 22.8 Å². The number of thioether (sulfide) groups is 1. The standard InChI is InChI=1S/C23H19Cl2F3N2O2S/c1-14-5-3-4-6-18(14)20(32)30(21(2)12-33-13-21)19(31)10-22(11-29,23(26,27)28)15-7-16(24)9-17(25)8-15/h3-9H,10,12-13H2,1-2H3/t22-/m0/s1. The fourth-order valence-corrected chi connectivity index (χ4v) is 5.34. The fraction of sp³-hybridized carbons (Fsp3) is 0.348. The molecule has 3 rings (SSSR count). The fourth-order valence-electron chi connectivity index (χ4n) is 3.76. The lowest BCUT2D eigenvalue weighted by atomic mass is 9.77. The average molecular weight is 515 g/mol. The highest BCUT2D eigenvalue weighted by Gasteiger charge is 2.60. The Morgan fingerprint density at radius 1 is 1.15 bits per heavy atom. The zero-order valence-electron chi connectivity index (χ0n) is 17.7. The summed E-state index contributed by atoms with van der Waals surface area (Å²) in [7, 11) is 0. The van der Waals surface area contributed by atoms with Crippen molar-refractivity contribution in [2.75, 3.05) is 11.5 Å². The Hall–Kier alpha value is -2.21. The van der Waals surface area contributed by atoms with E-state index in [1.54, 1.807) is 32.0 Å². The van der Waals surface area contributed by atoms with Gasteiger partial charge in [0, 0.05) is 27.1 Å². The molecular weight excluding hydrogens is 496 g/mol. The Balaban J connectivity index is 2.11. The molecule has 1 aliphatic rings. The lowest BCUT2D eigenvalue weighted by Crippen LogP contribution is -2.62. The number of rotatable bonds is 5. The van der Waals surface area contributed by atoms with Crippen molar-refractivity contribution in [1.82, 2.24) is 4.90 Å². The average Bonchev–Trinajstić information content (AvgIpc) is 2.69. The molecule has 0 unspecified atom stereocenters. The van der Waals surface area contributed by atoms with E-state index in [4.69, 9.17) is 23.2 Å². The summed E-state index contributed by atoms with van der Waals surface area (Å²) in [6, 6.07) is 11.0. The normalized spacial score (nSPS) is 16.8. The highest BCUT2D eigenvalue weighted by Crippen LogP contribution is 2.46. The predicted molar refractivity (Wildman–Crippen MR) is 123 cm³/mol. The number of alkyl halides is 3. The van der Waals surface area contributed by atoms with E-state index in [0.717, 1.165) is 17.0 Å². The molecule has 33 heavy (non-hydrogen) atoms. The van der Waals surface area contributed by atoms with Crippen molar-refractivity contribution in [3.8, 4) is 6.07 Å². The molecule has 1 heterocycles. The molecule has 174 valence electrons. The van der Waals surface area contributed by atoms with Crippen LogP contribution < -0.4 is 0 Å². The number of amides is 2. The van der Waals surface area contributed by atoms with Crippen molar-refractivity contribution >= 4 is 46.8 Å². The summed E-state index contributed by atoms with van der Waals surface area (Å²) in [5.41, 5.74) is -3.97. The van der Waals surface area contributed by atoms with Crippen LogP contribution in [0.2, 0.25) is 10.0 Å². The molecule has 1 aliphatic heterocycles. The maximum absolute atomic E-state index is 14.4. The maximum Gasteiger partial charge on any atom is 0.411 e. The van der Waals surface area contributed by atoms with Gasteiger partial charge in [0.2, 0.25) is 5.91 Å². The Labute approximate surface area is 203 Å². The molecule has 2 amide bonds. The second-order valence-electron chi connectivity index (χ2n) is 8.19. The molecule has 0 aromatic heterocycles. The van der Waals surface area contributed by atoms with Gasteiger partial charge in [-0.1, -0.05) is 41.4 Å². The highest BCUT2D eigenvalue weighted by atomic mass is 35.5. The third-order valence-corrected chi connectivity index (χ3v) is 7.73. The van der Waals surface area contributed by atoms with Crippen molar-refractivity contribution in [2.45, 2.75) is 37.4 Å². The lowest BCUT2D eigenvalue weighted by Gasteiger charge is -2.46. The summed E-state index contributed by atoms with van der Waals surface area (Å²) in [4.78, 5) is 27.7. The van der Waals surface area contributed by atoms with Crippen molar-refractivity contribution in [3.63, 3.8) is 0 Å². The minimum atomic E-state index is -5.14. The number of hydrogen-bond acceptors (Lipinski definition) is 4. The van der Waals surface area contributed by atoms with Crippen LogP contribution in [-0.4, -0.2) is 39.9 Å². The molecular formula is C23H19Cl2F3N2O2S. The number of halogens is 5. The topological polar surface area (TPSA) is 61.2 Å². The minimum Gasteiger partial charge on any atom is -0.274 e. The molecule has 0 spiro atoms. The summed E-state index contributed by atoms with van der Waals surface area (Å²) in [5.74, 6) is -1.03. The van der Waals surface area contributed by atoms with Gasteiger partial charge in [-0.25, -0.2) is 0 Å². The highest BCUT2D eigenvalue weighted by molar-refractivity contribution is 8.00. The number of hydrogen-bond donors (Lipinski definition) is 0. The number of nitrogens with zero attached hydrogens (tertiary/aromatic N) is 2. The van der Waals surface area contributed by atoms with Gasteiger partial charge in [0.15, 0.2) is 5.41 Å². The van der Waals surface area contributed by atoms with Crippen molar-refractivity contribution in [2.24, 2.45) is 0 Å². The van der Waals surface area contributed by atoms with Crippen LogP contribution in [0.15, 0.2) is 42.5 Å². The van der Waals surface area contributed by atoms with Crippen molar-refractivity contribution in [3.05, 3.63) is 69.2 Å². The number of aryl methyl sites for hydroxylation is 1. The molecule has 0 bridgehead atoms. The predicted octanol–water partition coefficient (Wildman–Crippen LogP) is 6.19. The van der Waals surface area contributed by atoms with Crippen LogP contribution in [0, 0.1) is 18.3 Å². The summed E-state index contributed by atoms with van der Waals surface area (Å²) in [5, 5.41) is 9.52. The van der Waals surface area contributed by atoms with E-state index in [1.807, 2.05) is 0 Å². The van der Waals surface area contributed by atoms with Crippen LogP contribution in [-0.2, 0) is 10.2 Å². The van der Waals surface area contributed by atoms with Gasteiger partial charge in [-0.2, -0.15) is 30.2 Å². The molecule has 1 saturated heterocycles. The third kappa shape index (κ3) is 4.72. The monoisotopic (exact) mass is 514 g/mol. The molecule has 4 nitrogen and oxygen atoms in total. The summed E-state index contributed by atoms with van der Waals surface area (Å²) in [6.07, 6.45) is -6.43. The van der Waals surface area contributed by atoms with Gasteiger partial charge in [0.25, 0.3) is 5.91 Å². The van der Waals surface area contributed by atoms with Crippen LogP contribution >= 0.6 is 35.0 Å². The first kappa shape index (κ1) is 25.4. The molecule has 1 fully saturated rings. The van der Waals surface area contributed by atoms with E-state index in [9.17, 15) is 28.0 Å². The quantitative estimate of drug-likeness (QED) is 0.477. The zero-order valence-corrected chi connectivity index (χ0v) is 20.0. The number of nitriles is 1. The van der Waals surface area contributed by atoms with Gasteiger partial charge in [-0.05, 0) is 49.2 Å². The molecule has 2 aromatic carbocycles. The lowest BCUT2D eigenvalue weighted by molar-refractivity contribution is -0.180. The molecule has 1 atom stereocenters. The number of carbonyl (C=O) groups is 2. The van der Waals surface area contributed by atoms with E-state index < -0.39 is 40.9 Å². The molecule has 0 saturated carbocycles. The van der Waals surface area contributed by atoms with Crippen LogP contribution in [0.5, 0.6) is 0 Å². The second-order valence-corrected chi connectivity index (χ2v) is 10.0. The first-order valence-corrected chi connectivity index (χ1v) is 11.7. The Morgan fingerprint density at radius 3 is 2.18 bits per heavy atom. The van der Waals surface area contributed by atoms with Gasteiger partial charge in [0.1, 0.15) is 0 Å². The van der Waals surface area contributed by atoms with Crippen molar-refractivity contribution in [1.29, 1.82) is 5.26 Å². The minimum absolute atomic E-state index is 0.107. The molecule has 2 aromatic rings. The van der Waals surface area contributed by atoms with E-state index >= 15 is 0 Å². The maximum atomic E-state index is 14.4. The van der Waals surface area contributed by atoms with E-state index in [2.05, 4.69) is 0 Å². The van der Waals surface area contributed by atoms with Crippen LogP contribution in [0.4, 0.5) is 13.2 Å². The third-order valence-electron chi connectivity index (χ3n) is 5.64. The Bertz CT molecular complexity index is 1130. The number of carbonyl (C=O) groups excluding carboxylic acids is 2. The first-order chi connectivity index (χ1) is 15.3. The summed E-state index contributed by atoms with van der Waals surface area (Å²) < 4.78 is 43.1. The van der Waals surface area contributed by atoms with E-state index in [-0.39, 0.29) is 15.6 Å². The first-order valence-electron chi connectivity index (χ1n) is 9.80. The molecule has 0 N–H and O–H groups in total. The summed E-state index contributed by atoms with van der Waals surface area (Å²) in [6.45, 7) is 3.33. The van der Waals surface area contributed by atoms with Gasteiger partial charge >= 0.3 is 6.18 Å². The van der Waals surface area contributed by atoms with E-state index in [1.165, 1.54) is 30.0 Å². The molecule has 0 aliphatic carbocycles. The second kappa shape index (κ2) is 9.21. The molecule has 10 heteroatoms. The van der Waals surface area contributed by atoms with Gasteiger partial charge < -0.3 is 0 Å². The summed E-state index contributed by atoms with van der Waals surface area (Å²) >= 11 is 13.3. The zero-order chi connectivity index (χ0) is 24.6. The Morgan fingerprint density at radius 2 is 1.73 bits per heavy atom. The van der Waals surface area contributed by atoms with Crippen LogP contribution in [0.1, 0.15) is 34.8 Å². The largest absolute Gasteiger partial charge is 0.411 e. The van der Waals surface area contributed by atoms with Gasteiger partial charge in [-0.15, -0.1) is 0 Å². The number of imide groups is 1. The van der Waals surface area contributed by atoms with Gasteiger partial charge in [-0.3, -0.25) is 14.5 Å². The van der Waals surface area contributed by atoms with Crippen LogP contribution in [0.3, 0.4) is 0 Å². The van der Waals surface area contributed by atoms with Gasteiger partial charge in [0.05, 0.1) is 18.0 Å². The molecule has 0 radical (unpaired) electrons. The SMILES string of the molecule is Cc1ccccc1C(=O)N(C(=O)C[C@](C#N)(c1cc(Cl)cc(Cl)c1)C(F)(F)F)C1(C)CSC1. The smallest absolute Gasteiger partial charge is 0.274 e. The Kier molecular flexibility index (Phi) is 7.09.